The lowest BCUT2D eigenvalue weighted by molar-refractivity contribution is 0.0989. The molecular formula is C16H14BrFO2. The SMILES string of the molecule is COc1ccc(CC(=O)c2ccc(C)cc2F)cc1Br. The van der Waals surface area contributed by atoms with Crippen LogP contribution in [0.4, 0.5) is 4.39 Å². The molecule has 0 atom stereocenters. The predicted molar refractivity (Wildman–Crippen MR) is 79.9 cm³/mol. The molecule has 104 valence electrons. The minimum atomic E-state index is -0.470. The monoisotopic (exact) mass is 336 g/mol. The van der Waals surface area contributed by atoms with Gasteiger partial charge in [-0.25, -0.2) is 4.39 Å². The molecule has 0 aliphatic carbocycles. The molecule has 0 saturated heterocycles. The molecule has 2 rings (SSSR count). The van der Waals surface area contributed by atoms with Crippen molar-refractivity contribution in [1.82, 2.24) is 0 Å². The number of hydrogen-bond acceptors (Lipinski definition) is 2. The molecule has 0 saturated carbocycles. The predicted octanol–water partition coefficient (Wildman–Crippen LogP) is 4.33. The van der Waals surface area contributed by atoms with Gasteiger partial charge in [0, 0.05) is 6.42 Å². The van der Waals surface area contributed by atoms with Crippen LogP contribution in [0.25, 0.3) is 0 Å². The maximum absolute atomic E-state index is 13.8. The second kappa shape index (κ2) is 6.18. The number of methoxy groups -OCH3 is 1. The van der Waals surface area contributed by atoms with E-state index in [-0.39, 0.29) is 17.8 Å². The number of rotatable bonds is 4. The Morgan fingerprint density at radius 2 is 2.00 bits per heavy atom. The molecular weight excluding hydrogens is 323 g/mol. The van der Waals surface area contributed by atoms with Crippen molar-refractivity contribution in [2.45, 2.75) is 13.3 Å². The lowest BCUT2D eigenvalue weighted by atomic mass is 10.0. The van der Waals surface area contributed by atoms with E-state index >= 15 is 0 Å². The normalized spacial score (nSPS) is 10.4. The molecule has 2 aromatic rings. The molecule has 0 aliphatic rings. The Morgan fingerprint density at radius 3 is 2.60 bits per heavy atom. The fourth-order valence-electron chi connectivity index (χ4n) is 1.95. The van der Waals surface area contributed by atoms with E-state index in [4.69, 9.17) is 4.74 Å². The summed E-state index contributed by atoms with van der Waals surface area (Å²) in [6.45, 7) is 1.79. The molecule has 2 aromatic carbocycles. The average molecular weight is 337 g/mol. The quantitative estimate of drug-likeness (QED) is 0.776. The van der Waals surface area contributed by atoms with Crippen LogP contribution in [0, 0.1) is 12.7 Å². The van der Waals surface area contributed by atoms with Gasteiger partial charge >= 0.3 is 0 Å². The highest BCUT2D eigenvalue weighted by molar-refractivity contribution is 9.10. The van der Waals surface area contributed by atoms with Crippen molar-refractivity contribution in [3.05, 3.63) is 63.4 Å². The third kappa shape index (κ3) is 3.25. The Hall–Kier alpha value is -1.68. The van der Waals surface area contributed by atoms with Gasteiger partial charge in [0.25, 0.3) is 0 Å². The van der Waals surface area contributed by atoms with Crippen molar-refractivity contribution >= 4 is 21.7 Å². The standard InChI is InChI=1S/C16H14BrFO2/c1-10-3-5-12(14(18)7-10)15(19)9-11-4-6-16(20-2)13(17)8-11/h3-8H,9H2,1-2H3. The van der Waals surface area contributed by atoms with Gasteiger partial charge in [-0.05, 0) is 58.2 Å². The highest BCUT2D eigenvalue weighted by Crippen LogP contribution is 2.26. The Labute approximate surface area is 125 Å². The van der Waals surface area contributed by atoms with Crippen LogP contribution in [0.3, 0.4) is 0 Å². The summed E-state index contributed by atoms with van der Waals surface area (Å²) in [5, 5.41) is 0. The summed E-state index contributed by atoms with van der Waals surface area (Å²) >= 11 is 3.37. The number of benzene rings is 2. The fraction of sp³-hybridized carbons (Fsp3) is 0.188. The van der Waals surface area contributed by atoms with Crippen molar-refractivity contribution in [2.24, 2.45) is 0 Å². The number of ketones is 1. The molecule has 0 unspecified atom stereocenters. The molecule has 0 spiro atoms. The van der Waals surface area contributed by atoms with Crippen molar-refractivity contribution in [3.8, 4) is 5.75 Å². The zero-order valence-electron chi connectivity index (χ0n) is 11.2. The fourth-order valence-corrected chi connectivity index (χ4v) is 2.53. The van der Waals surface area contributed by atoms with E-state index in [2.05, 4.69) is 15.9 Å². The number of carbonyl (C=O) groups is 1. The molecule has 4 heteroatoms. The Morgan fingerprint density at radius 1 is 1.25 bits per heavy atom. The molecule has 0 amide bonds. The van der Waals surface area contributed by atoms with E-state index in [0.29, 0.717) is 5.75 Å². The minimum Gasteiger partial charge on any atom is -0.496 e. The van der Waals surface area contributed by atoms with E-state index in [0.717, 1.165) is 15.6 Å². The Balaban J connectivity index is 2.21. The zero-order valence-corrected chi connectivity index (χ0v) is 12.8. The summed E-state index contributed by atoms with van der Waals surface area (Å²) in [5.74, 6) is -0.00939. The molecule has 0 N–H and O–H groups in total. The van der Waals surface area contributed by atoms with Gasteiger partial charge in [0.1, 0.15) is 11.6 Å². The Kier molecular flexibility index (Phi) is 4.55. The van der Waals surface area contributed by atoms with Crippen LogP contribution in [0.15, 0.2) is 40.9 Å². The highest BCUT2D eigenvalue weighted by atomic mass is 79.9. The maximum Gasteiger partial charge on any atom is 0.170 e. The number of ether oxygens (including phenoxy) is 1. The molecule has 0 heterocycles. The van der Waals surface area contributed by atoms with Crippen molar-refractivity contribution in [3.63, 3.8) is 0 Å². The van der Waals surface area contributed by atoms with Crippen LogP contribution in [0.5, 0.6) is 5.75 Å². The van der Waals surface area contributed by atoms with Gasteiger partial charge in [-0.3, -0.25) is 4.79 Å². The highest BCUT2D eigenvalue weighted by Gasteiger charge is 2.13. The largest absolute Gasteiger partial charge is 0.496 e. The Bertz CT molecular complexity index is 653. The van der Waals surface area contributed by atoms with Crippen molar-refractivity contribution < 1.29 is 13.9 Å². The van der Waals surface area contributed by atoms with Gasteiger partial charge < -0.3 is 4.74 Å². The van der Waals surface area contributed by atoms with Gasteiger partial charge in [-0.2, -0.15) is 0 Å². The molecule has 0 radical (unpaired) electrons. The molecule has 0 aliphatic heterocycles. The van der Waals surface area contributed by atoms with Crippen LogP contribution in [-0.4, -0.2) is 12.9 Å². The minimum absolute atomic E-state index is 0.127. The topological polar surface area (TPSA) is 26.3 Å². The van der Waals surface area contributed by atoms with E-state index in [1.54, 1.807) is 32.2 Å². The summed E-state index contributed by atoms with van der Waals surface area (Å²) in [7, 11) is 1.58. The van der Waals surface area contributed by atoms with Crippen molar-refractivity contribution in [2.75, 3.05) is 7.11 Å². The molecule has 2 nitrogen and oxygen atoms in total. The third-order valence-electron chi connectivity index (χ3n) is 3.01. The van der Waals surface area contributed by atoms with Crippen LogP contribution in [0.2, 0.25) is 0 Å². The van der Waals surface area contributed by atoms with Gasteiger partial charge in [-0.1, -0.05) is 12.1 Å². The number of Topliss-reactive ketones (excluding diaryl/α,β-unsaturated/α-hetero) is 1. The van der Waals surface area contributed by atoms with Crippen LogP contribution < -0.4 is 4.74 Å². The number of carbonyl (C=O) groups excluding carboxylic acids is 1. The lowest BCUT2D eigenvalue weighted by Crippen LogP contribution is -2.06. The van der Waals surface area contributed by atoms with E-state index < -0.39 is 5.82 Å². The lowest BCUT2D eigenvalue weighted by Gasteiger charge is -2.07. The van der Waals surface area contributed by atoms with Crippen molar-refractivity contribution in [1.29, 1.82) is 0 Å². The van der Waals surface area contributed by atoms with E-state index in [1.165, 1.54) is 12.1 Å². The number of halogens is 2. The van der Waals surface area contributed by atoms with E-state index in [1.807, 2.05) is 6.07 Å². The van der Waals surface area contributed by atoms with Crippen LogP contribution in [0.1, 0.15) is 21.5 Å². The zero-order chi connectivity index (χ0) is 14.7. The first-order valence-corrected chi connectivity index (χ1v) is 6.92. The first kappa shape index (κ1) is 14.7. The van der Waals surface area contributed by atoms with Gasteiger partial charge in [0.2, 0.25) is 0 Å². The smallest absolute Gasteiger partial charge is 0.170 e. The average Bonchev–Trinajstić information content (AvgIpc) is 2.38. The van der Waals surface area contributed by atoms with E-state index in [9.17, 15) is 9.18 Å². The molecule has 20 heavy (non-hydrogen) atoms. The number of hydrogen-bond donors (Lipinski definition) is 0. The third-order valence-corrected chi connectivity index (χ3v) is 3.63. The van der Waals surface area contributed by atoms with Crippen LogP contribution >= 0.6 is 15.9 Å². The number of aryl methyl sites for hydroxylation is 1. The maximum atomic E-state index is 13.8. The summed E-state index contributed by atoms with van der Waals surface area (Å²) in [4.78, 5) is 12.1. The summed E-state index contributed by atoms with van der Waals surface area (Å²) in [5.41, 5.74) is 1.73. The second-order valence-corrected chi connectivity index (χ2v) is 5.41. The second-order valence-electron chi connectivity index (χ2n) is 4.55. The van der Waals surface area contributed by atoms with Gasteiger partial charge in [0.15, 0.2) is 5.78 Å². The molecule has 0 fully saturated rings. The summed E-state index contributed by atoms with van der Waals surface area (Å²) in [6, 6.07) is 10.0. The first-order valence-electron chi connectivity index (χ1n) is 6.13. The van der Waals surface area contributed by atoms with Crippen LogP contribution in [-0.2, 0) is 6.42 Å². The summed E-state index contributed by atoms with van der Waals surface area (Å²) in [6.07, 6.45) is 0.155. The molecule has 0 bridgehead atoms. The molecule has 0 aromatic heterocycles. The summed E-state index contributed by atoms with van der Waals surface area (Å²) < 4.78 is 19.7. The first-order chi connectivity index (χ1) is 9.51. The van der Waals surface area contributed by atoms with Gasteiger partial charge in [-0.15, -0.1) is 0 Å². The van der Waals surface area contributed by atoms with Gasteiger partial charge in [0.05, 0.1) is 17.1 Å².